The van der Waals surface area contributed by atoms with E-state index in [1.807, 2.05) is 0 Å². The number of nitrogens with one attached hydrogen (secondary N) is 2. The quantitative estimate of drug-likeness (QED) is 0.797. The summed E-state index contributed by atoms with van der Waals surface area (Å²) in [5, 5.41) is 4.99. The summed E-state index contributed by atoms with van der Waals surface area (Å²) in [6.07, 6.45) is 4.06. The van der Waals surface area contributed by atoms with E-state index < -0.39 is 24.0 Å². The molecule has 136 valence electrons. The first kappa shape index (κ1) is 18.8. The van der Waals surface area contributed by atoms with E-state index in [4.69, 9.17) is 9.47 Å². The van der Waals surface area contributed by atoms with Crippen molar-refractivity contribution in [2.45, 2.75) is 51.2 Å². The van der Waals surface area contributed by atoms with Crippen molar-refractivity contribution < 1.29 is 23.9 Å². The Morgan fingerprint density at radius 2 is 1.80 bits per heavy atom. The molecule has 0 bridgehead atoms. The molecule has 0 heterocycles. The average molecular weight is 348 g/mol. The zero-order valence-corrected chi connectivity index (χ0v) is 14.5. The van der Waals surface area contributed by atoms with E-state index >= 15 is 0 Å². The summed E-state index contributed by atoms with van der Waals surface area (Å²) in [5.41, 5.74) is 0.219. The molecule has 0 spiro atoms. The fraction of sp³-hybridized carbons (Fsp3) is 0.500. The number of imide groups is 1. The van der Waals surface area contributed by atoms with Crippen LogP contribution in [0.1, 0.15) is 49.4 Å². The highest BCUT2D eigenvalue weighted by Gasteiger charge is 2.23. The molecule has 0 aromatic heterocycles. The molecule has 7 heteroatoms. The molecule has 2 rings (SSSR count). The van der Waals surface area contributed by atoms with Gasteiger partial charge in [0.05, 0.1) is 7.11 Å². The second-order valence-electron chi connectivity index (χ2n) is 6.05. The standard InChI is InChI=1S/C18H24N2O5/c1-12(25-17(22)14-10-6-7-11-15(14)24-2)16(21)20-18(23)19-13-8-4-3-5-9-13/h6-7,10-13H,3-5,8-9H2,1-2H3,(H2,19,20,21,23)/t12-/m0/s1. The van der Waals surface area contributed by atoms with Gasteiger partial charge in [-0.2, -0.15) is 0 Å². The lowest BCUT2D eigenvalue weighted by Gasteiger charge is -2.23. The van der Waals surface area contributed by atoms with Gasteiger partial charge in [-0.3, -0.25) is 10.1 Å². The van der Waals surface area contributed by atoms with E-state index in [-0.39, 0.29) is 11.6 Å². The number of methoxy groups -OCH3 is 1. The molecule has 1 aromatic rings. The minimum atomic E-state index is -1.10. The van der Waals surface area contributed by atoms with Gasteiger partial charge < -0.3 is 14.8 Å². The number of carbonyl (C=O) groups is 3. The molecular weight excluding hydrogens is 324 g/mol. The molecule has 1 aromatic carbocycles. The van der Waals surface area contributed by atoms with Crippen molar-refractivity contribution in [1.29, 1.82) is 0 Å². The van der Waals surface area contributed by atoms with Crippen molar-refractivity contribution in [2.75, 3.05) is 7.11 Å². The Morgan fingerprint density at radius 3 is 2.48 bits per heavy atom. The van der Waals surface area contributed by atoms with Crippen LogP contribution in [0, 0.1) is 0 Å². The van der Waals surface area contributed by atoms with Gasteiger partial charge in [-0.25, -0.2) is 9.59 Å². The second kappa shape index (κ2) is 9.05. The molecule has 1 aliphatic rings. The van der Waals surface area contributed by atoms with Crippen LogP contribution in [0.3, 0.4) is 0 Å². The zero-order chi connectivity index (χ0) is 18.2. The van der Waals surface area contributed by atoms with Gasteiger partial charge in [0.2, 0.25) is 0 Å². The Morgan fingerprint density at radius 1 is 1.12 bits per heavy atom. The Hall–Kier alpha value is -2.57. The van der Waals surface area contributed by atoms with Crippen LogP contribution >= 0.6 is 0 Å². The second-order valence-corrected chi connectivity index (χ2v) is 6.05. The molecule has 25 heavy (non-hydrogen) atoms. The largest absolute Gasteiger partial charge is 0.496 e. The lowest BCUT2D eigenvalue weighted by Crippen LogP contribution is -2.48. The maximum atomic E-state index is 12.2. The van der Waals surface area contributed by atoms with Crippen LogP contribution in [-0.4, -0.2) is 37.2 Å². The molecule has 1 atom stereocenters. The highest BCUT2D eigenvalue weighted by atomic mass is 16.5. The smallest absolute Gasteiger partial charge is 0.342 e. The van der Waals surface area contributed by atoms with Crippen molar-refractivity contribution in [3.63, 3.8) is 0 Å². The number of hydrogen-bond donors (Lipinski definition) is 2. The third-order valence-electron chi connectivity index (χ3n) is 4.16. The molecule has 0 aliphatic heterocycles. The molecule has 2 N–H and O–H groups in total. The van der Waals surface area contributed by atoms with E-state index in [0.29, 0.717) is 5.75 Å². The molecular formula is C18H24N2O5. The van der Waals surface area contributed by atoms with E-state index in [1.165, 1.54) is 20.5 Å². The summed E-state index contributed by atoms with van der Waals surface area (Å²) in [5.74, 6) is -1.00. The molecule has 0 saturated heterocycles. The number of carbonyl (C=O) groups excluding carboxylic acids is 3. The van der Waals surface area contributed by atoms with Crippen molar-refractivity contribution in [1.82, 2.24) is 10.6 Å². The third-order valence-corrected chi connectivity index (χ3v) is 4.16. The Bertz CT molecular complexity index is 626. The molecule has 0 unspecified atom stereocenters. The van der Waals surface area contributed by atoms with Crippen LogP contribution < -0.4 is 15.4 Å². The molecule has 1 fully saturated rings. The van der Waals surface area contributed by atoms with Gasteiger partial charge in [0, 0.05) is 6.04 Å². The maximum Gasteiger partial charge on any atom is 0.342 e. The van der Waals surface area contributed by atoms with Gasteiger partial charge in [-0.05, 0) is 31.9 Å². The van der Waals surface area contributed by atoms with E-state index in [2.05, 4.69) is 10.6 Å². The van der Waals surface area contributed by atoms with Crippen molar-refractivity contribution >= 4 is 17.9 Å². The number of amides is 3. The van der Waals surface area contributed by atoms with Crippen LogP contribution in [0.5, 0.6) is 5.75 Å². The molecule has 1 saturated carbocycles. The summed E-state index contributed by atoms with van der Waals surface area (Å²) < 4.78 is 10.2. The van der Waals surface area contributed by atoms with Crippen molar-refractivity contribution in [2.24, 2.45) is 0 Å². The summed E-state index contributed by atoms with van der Waals surface area (Å²) >= 11 is 0. The normalized spacial score (nSPS) is 15.8. The lowest BCUT2D eigenvalue weighted by atomic mass is 9.96. The highest BCUT2D eigenvalue weighted by Crippen LogP contribution is 2.19. The minimum absolute atomic E-state index is 0.0907. The van der Waals surface area contributed by atoms with Gasteiger partial charge in [-0.1, -0.05) is 31.4 Å². The minimum Gasteiger partial charge on any atom is -0.496 e. The zero-order valence-electron chi connectivity index (χ0n) is 14.5. The number of urea groups is 1. The fourth-order valence-electron chi connectivity index (χ4n) is 2.77. The third kappa shape index (κ3) is 5.48. The molecule has 1 aliphatic carbocycles. The summed E-state index contributed by atoms with van der Waals surface area (Å²) in [6.45, 7) is 1.41. The molecule has 7 nitrogen and oxygen atoms in total. The van der Waals surface area contributed by atoms with Gasteiger partial charge in [0.25, 0.3) is 5.91 Å². The SMILES string of the molecule is COc1ccccc1C(=O)O[C@@H](C)C(=O)NC(=O)NC1CCCCC1. The van der Waals surface area contributed by atoms with E-state index in [9.17, 15) is 14.4 Å². The first-order chi connectivity index (χ1) is 12.0. The Kier molecular flexibility index (Phi) is 6.80. The average Bonchev–Trinajstić information content (AvgIpc) is 2.62. The Labute approximate surface area is 147 Å². The monoisotopic (exact) mass is 348 g/mol. The number of esters is 1. The predicted molar refractivity (Wildman–Crippen MR) is 91.4 cm³/mol. The molecule has 3 amide bonds. The van der Waals surface area contributed by atoms with Crippen LogP contribution in [0.15, 0.2) is 24.3 Å². The predicted octanol–water partition coefficient (Wildman–Crippen LogP) is 2.40. The number of benzene rings is 1. The first-order valence-electron chi connectivity index (χ1n) is 8.46. The van der Waals surface area contributed by atoms with E-state index in [0.717, 1.165) is 25.7 Å². The lowest BCUT2D eigenvalue weighted by molar-refractivity contribution is -0.127. The van der Waals surface area contributed by atoms with Crippen LogP contribution in [0.25, 0.3) is 0 Å². The number of para-hydroxylation sites is 1. The highest BCUT2D eigenvalue weighted by molar-refractivity contribution is 5.99. The van der Waals surface area contributed by atoms with Crippen LogP contribution in [-0.2, 0) is 9.53 Å². The Balaban J connectivity index is 1.84. The van der Waals surface area contributed by atoms with Gasteiger partial charge in [0.15, 0.2) is 6.10 Å². The van der Waals surface area contributed by atoms with Crippen molar-refractivity contribution in [3.8, 4) is 5.75 Å². The topological polar surface area (TPSA) is 93.7 Å². The van der Waals surface area contributed by atoms with Crippen molar-refractivity contribution in [3.05, 3.63) is 29.8 Å². The van der Waals surface area contributed by atoms with Gasteiger partial charge in [0.1, 0.15) is 11.3 Å². The number of ether oxygens (including phenoxy) is 2. The van der Waals surface area contributed by atoms with E-state index in [1.54, 1.807) is 24.3 Å². The van der Waals surface area contributed by atoms with Gasteiger partial charge >= 0.3 is 12.0 Å². The van der Waals surface area contributed by atoms with Gasteiger partial charge in [-0.15, -0.1) is 0 Å². The maximum absolute atomic E-state index is 12.2. The van der Waals surface area contributed by atoms with Crippen LogP contribution in [0.4, 0.5) is 4.79 Å². The molecule has 0 radical (unpaired) electrons. The fourth-order valence-corrected chi connectivity index (χ4v) is 2.77. The summed E-state index contributed by atoms with van der Waals surface area (Å²) in [6, 6.07) is 6.09. The first-order valence-corrected chi connectivity index (χ1v) is 8.46. The number of rotatable bonds is 5. The summed E-state index contributed by atoms with van der Waals surface area (Å²) in [4.78, 5) is 36.1. The number of hydrogen-bond acceptors (Lipinski definition) is 5. The summed E-state index contributed by atoms with van der Waals surface area (Å²) in [7, 11) is 1.44. The van der Waals surface area contributed by atoms with Crippen LogP contribution in [0.2, 0.25) is 0 Å².